The molecule has 4 heteroatoms. The van der Waals surface area contributed by atoms with E-state index in [-0.39, 0.29) is 6.61 Å². The number of esters is 1. The first-order valence-electron chi connectivity index (χ1n) is 9.35. The molecule has 0 saturated carbocycles. The molecule has 0 aliphatic rings. The molecule has 138 valence electrons. The minimum absolute atomic E-state index is 0.286. The zero-order valence-electron chi connectivity index (χ0n) is 15.4. The summed E-state index contributed by atoms with van der Waals surface area (Å²) < 4.78 is 5.20. The van der Waals surface area contributed by atoms with Gasteiger partial charge in [0.25, 0.3) is 0 Å². The van der Waals surface area contributed by atoms with E-state index >= 15 is 0 Å². The number of unbranched alkanes of at least 4 members (excludes halogenated alkanes) is 5. The molecule has 0 spiro atoms. The summed E-state index contributed by atoms with van der Waals surface area (Å²) in [6.07, 6.45) is 6.60. The number of hydrogen-bond donors (Lipinski definition) is 0. The fourth-order valence-electron chi connectivity index (χ4n) is 2.74. The second-order valence-electron chi connectivity index (χ2n) is 6.22. The molecular weight excluding hydrogens is 326 g/mol. The Morgan fingerprint density at radius 2 is 1.27 bits per heavy atom. The summed E-state index contributed by atoms with van der Waals surface area (Å²) in [6, 6.07) is 18.3. The van der Waals surface area contributed by atoms with Crippen LogP contribution in [0, 0.1) is 0 Å². The molecule has 2 aromatic carbocycles. The van der Waals surface area contributed by atoms with E-state index in [2.05, 4.69) is 6.92 Å². The Labute approximate surface area is 155 Å². The molecule has 0 heterocycles. The Bertz CT molecular complexity index is 631. The lowest BCUT2D eigenvalue weighted by molar-refractivity contribution is -0.153. The zero-order chi connectivity index (χ0) is 18.6. The van der Waals surface area contributed by atoms with Crippen molar-refractivity contribution in [3.05, 3.63) is 60.7 Å². The van der Waals surface area contributed by atoms with Gasteiger partial charge in [0.05, 0.1) is 6.61 Å². The number of carbonyl (C=O) groups is 2. The van der Waals surface area contributed by atoms with Crippen LogP contribution < -0.4 is 4.90 Å². The van der Waals surface area contributed by atoms with Gasteiger partial charge in [-0.1, -0.05) is 75.4 Å². The Hall–Kier alpha value is -2.62. The van der Waals surface area contributed by atoms with E-state index in [0.717, 1.165) is 19.3 Å². The first-order chi connectivity index (χ1) is 12.7. The van der Waals surface area contributed by atoms with Gasteiger partial charge in [0.15, 0.2) is 0 Å². The van der Waals surface area contributed by atoms with Gasteiger partial charge in [0.2, 0.25) is 0 Å². The summed E-state index contributed by atoms with van der Waals surface area (Å²) in [7, 11) is 0. The zero-order valence-corrected chi connectivity index (χ0v) is 15.4. The van der Waals surface area contributed by atoms with Crippen molar-refractivity contribution in [1.82, 2.24) is 0 Å². The lowest BCUT2D eigenvalue weighted by Crippen LogP contribution is -2.34. The van der Waals surface area contributed by atoms with Crippen molar-refractivity contribution in [3.63, 3.8) is 0 Å². The van der Waals surface area contributed by atoms with Crippen molar-refractivity contribution in [3.8, 4) is 0 Å². The molecule has 0 aliphatic carbocycles. The van der Waals surface area contributed by atoms with Crippen LogP contribution in [0.4, 0.5) is 11.4 Å². The lowest BCUT2D eigenvalue weighted by Gasteiger charge is -2.21. The molecule has 0 aliphatic heterocycles. The highest BCUT2D eigenvalue weighted by Crippen LogP contribution is 2.25. The van der Waals surface area contributed by atoms with Crippen LogP contribution in [0.5, 0.6) is 0 Å². The van der Waals surface area contributed by atoms with Crippen LogP contribution in [0.25, 0.3) is 0 Å². The maximum Gasteiger partial charge on any atom is 0.397 e. The molecule has 0 saturated heterocycles. The van der Waals surface area contributed by atoms with Gasteiger partial charge in [0, 0.05) is 11.4 Å². The maximum atomic E-state index is 12.7. The van der Waals surface area contributed by atoms with Crippen molar-refractivity contribution in [2.24, 2.45) is 0 Å². The van der Waals surface area contributed by atoms with E-state index in [0.29, 0.717) is 11.4 Å². The second-order valence-corrected chi connectivity index (χ2v) is 6.22. The van der Waals surface area contributed by atoms with Gasteiger partial charge in [-0.15, -0.1) is 0 Å². The quantitative estimate of drug-likeness (QED) is 0.351. The number of benzene rings is 2. The largest absolute Gasteiger partial charge is 0.459 e. The molecule has 0 atom stereocenters. The predicted molar refractivity (Wildman–Crippen MR) is 104 cm³/mol. The SMILES string of the molecule is CCCCCCCCOC(=O)C(=O)N(c1ccccc1)c1ccccc1. The van der Waals surface area contributed by atoms with E-state index in [1.54, 1.807) is 24.3 Å². The Kier molecular flexibility index (Phi) is 8.40. The van der Waals surface area contributed by atoms with E-state index in [1.165, 1.54) is 24.2 Å². The fraction of sp³-hybridized carbons (Fsp3) is 0.364. The monoisotopic (exact) mass is 353 g/mol. The molecule has 2 aromatic rings. The second kappa shape index (κ2) is 11.1. The maximum absolute atomic E-state index is 12.7. The predicted octanol–water partition coefficient (Wildman–Crippen LogP) is 5.26. The Morgan fingerprint density at radius 1 is 0.769 bits per heavy atom. The molecule has 1 amide bonds. The van der Waals surface area contributed by atoms with E-state index < -0.39 is 11.9 Å². The highest BCUT2D eigenvalue weighted by molar-refractivity contribution is 6.39. The molecule has 0 radical (unpaired) electrons. The van der Waals surface area contributed by atoms with Crippen molar-refractivity contribution >= 4 is 23.3 Å². The van der Waals surface area contributed by atoms with Crippen LogP contribution in [0.15, 0.2) is 60.7 Å². The van der Waals surface area contributed by atoms with Crippen molar-refractivity contribution < 1.29 is 14.3 Å². The molecule has 0 fully saturated rings. The molecule has 4 nitrogen and oxygen atoms in total. The number of hydrogen-bond acceptors (Lipinski definition) is 3. The van der Waals surface area contributed by atoms with E-state index in [9.17, 15) is 9.59 Å². The molecule has 0 N–H and O–H groups in total. The molecule has 0 bridgehead atoms. The van der Waals surface area contributed by atoms with E-state index in [4.69, 9.17) is 4.74 Å². The normalized spacial score (nSPS) is 10.3. The van der Waals surface area contributed by atoms with Crippen molar-refractivity contribution in [1.29, 1.82) is 0 Å². The summed E-state index contributed by atoms with van der Waals surface area (Å²) in [5.74, 6) is -1.49. The average Bonchev–Trinajstić information content (AvgIpc) is 2.69. The highest BCUT2D eigenvalue weighted by atomic mass is 16.5. The summed E-state index contributed by atoms with van der Waals surface area (Å²) in [6.45, 7) is 2.47. The van der Waals surface area contributed by atoms with E-state index in [1.807, 2.05) is 36.4 Å². The third kappa shape index (κ3) is 6.03. The molecular formula is C22H27NO3. The van der Waals surface area contributed by atoms with Gasteiger partial charge in [-0.3, -0.25) is 9.69 Å². The lowest BCUT2D eigenvalue weighted by atomic mass is 10.1. The summed E-state index contributed by atoms with van der Waals surface area (Å²) in [4.78, 5) is 26.3. The van der Waals surface area contributed by atoms with Gasteiger partial charge < -0.3 is 4.74 Å². The topological polar surface area (TPSA) is 46.6 Å². The van der Waals surface area contributed by atoms with Crippen LogP contribution in [0.3, 0.4) is 0 Å². The van der Waals surface area contributed by atoms with Crippen molar-refractivity contribution in [2.45, 2.75) is 45.4 Å². The van der Waals surface area contributed by atoms with Crippen LogP contribution in [-0.4, -0.2) is 18.5 Å². The molecule has 26 heavy (non-hydrogen) atoms. The summed E-state index contributed by atoms with van der Waals surface area (Å²) >= 11 is 0. The first kappa shape index (κ1) is 19.7. The molecule has 2 rings (SSSR count). The van der Waals surface area contributed by atoms with Gasteiger partial charge in [0.1, 0.15) is 0 Å². The van der Waals surface area contributed by atoms with Crippen LogP contribution in [0.1, 0.15) is 45.4 Å². The average molecular weight is 353 g/mol. The number of ether oxygens (including phenoxy) is 1. The number of amides is 1. The van der Waals surface area contributed by atoms with Crippen LogP contribution >= 0.6 is 0 Å². The number of rotatable bonds is 9. The minimum atomic E-state index is -0.814. The van der Waals surface area contributed by atoms with Gasteiger partial charge in [-0.2, -0.15) is 0 Å². The van der Waals surface area contributed by atoms with Crippen LogP contribution in [0.2, 0.25) is 0 Å². The third-order valence-electron chi connectivity index (χ3n) is 4.14. The fourth-order valence-corrected chi connectivity index (χ4v) is 2.74. The summed E-state index contributed by atoms with van der Waals surface area (Å²) in [5, 5.41) is 0. The molecule has 0 aromatic heterocycles. The Morgan fingerprint density at radius 3 is 1.81 bits per heavy atom. The minimum Gasteiger partial charge on any atom is -0.459 e. The Balaban J connectivity index is 1.95. The van der Waals surface area contributed by atoms with Gasteiger partial charge in [-0.25, -0.2) is 4.79 Å². The van der Waals surface area contributed by atoms with Gasteiger partial charge in [-0.05, 0) is 30.7 Å². The summed E-state index contributed by atoms with van der Waals surface area (Å²) in [5.41, 5.74) is 1.28. The number of carbonyl (C=O) groups excluding carboxylic acids is 2. The van der Waals surface area contributed by atoms with Gasteiger partial charge >= 0.3 is 11.9 Å². The third-order valence-corrected chi connectivity index (χ3v) is 4.14. The smallest absolute Gasteiger partial charge is 0.397 e. The number of anilines is 2. The number of para-hydroxylation sites is 2. The van der Waals surface area contributed by atoms with Crippen LogP contribution in [-0.2, 0) is 14.3 Å². The highest BCUT2D eigenvalue weighted by Gasteiger charge is 2.26. The molecule has 0 unspecified atom stereocenters. The standard InChI is InChI=1S/C22H27NO3/c1-2-3-4-5-6-13-18-26-22(25)21(24)23(19-14-9-7-10-15-19)20-16-11-8-12-17-20/h7-12,14-17H,2-6,13,18H2,1H3. The van der Waals surface area contributed by atoms with Crippen molar-refractivity contribution in [2.75, 3.05) is 11.5 Å². The number of nitrogens with zero attached hydrogens (tertiary/aromatic N) is 1. The first-order valence-corrected chi connectivity index (χ1v) is 9.35.